The van der Waals surface area contributed by atoms with Crippen molar-refractivity contribution in [3.8, 4) is 0 Å². The number of hydrogen-bond acceptors (Lipinski definition) is 6. The highest BCUT2D eigenvalue weighted by Crippen LogP contribution is 2.21. The Kier molecular flexibility index (Phi) is 5.08. The van der Waals surface area contributed by atoms with Gasteiger partial charge in [0.2, 0.25) is 11.9 Å². The number of aliphatic imine (C=N–C) groups is 2. The molecule has 1 aromatic rings. The second kappa shape index (κ2) is 6.66. The van der Waals surface area contributed by atoms with E-state index in [1.807, 2.05) is 26.0 Å². The molecule has 0 spiro atoms. The topological polar surface area (TPSA) is 89.2 Å². The number of rotatable bonds is 5. The van der Waals surface area contributed by atoms with Crippen molar-refractivity contribution in [3.05, 3.63) is 34.3 Å². The summed E-state index contributed by atoms with van der Waals surface area (Å²) in [7, 11) is 0. The standard InChI is InChI=1S/C15H22BrN5O/c1-10(7-11-5-4-6-12(16)8-11)9-22-21-14(18)19-13(17)20-15(21,2)3/h4-6,8,10H,7,9H2,1-3H3,(H4,17,18,19,20). The molecule has 7 heteroatoms. The summed E-state index contributed by atoms with van der Waals surface area (Å²) in [5.74, 6) is 0.720. The zero-order valence-electron chi connectivity index (χ0n) is 13.1. The molecule has 2 rings (SSSR count). The van der Waals surface area contributed by atoms with Crippen LogP contribution in [0.5, 0.6) is 0 Å². The van der Waals surface area contributed by atoms with Gasteiger partial charge in [0.15, 0.2) is 5.66 Å². The van der Waals surface area contributed by atoms with E-state index in [1.165, 1.54) is 10.6 Å². The fourth-order valence-electron chi connectivity index (χ4n) is 2.34. The van der Waals surface area contributed by atoms with Crippen molar-refractivity contribution in [1.82, 2.24) is 5.06 Å². The van der Waals surface area contributed by atoms with Crippen LogP contribution in [0.4, 0.5) is 0 Å². The Labute approximate surface area is 139 Å². The summed E-state index contributed by atoms with van der Waals surface area (Å²) in [4.78, 5) is 14.0. The van der Waals surface area contributed by atoms with Gasteiger partial charge in [-0.2, -0.15) is 10.1 Å². The molecule has 0 aromatic heterocycles. The lowest BCUT2D eigenvalue weighted by Gasteiger charge is -2.37. The minimum absolute atomic E-state index is 0.171. The van der Waals surface area contributed by atoms with E-state index >= 15 is 0 Å². The second-order valence-corrected chi connectivity index (χ2v) is 6.88. The van der Waals surface area contributed by atoms with Crippen molar-refractivity contribution in [2.75, 3.05) is 6.61 Å². The maximum Gasteiger partial charge on any atom is 0.226 e. The first-order chi connectivity index (χ1) is 10.3. The lowest BCUT2D eigenvalue weighted by Crippen LogP contribution is -2.54. The Morgan fingerprint density at radius 1 is 1.36 bits per heavy atom. The lowest BCUT2D eigenvalue weighted by molar-refractivity contribution is -0.165. The number of halogens is 1. The molecule has 6 nitrogen and oxygen atoms in total. The van der Waals surface area contributed by atoms with Crippen molar-refractivity contribution in [1.29, 1.82) is 0 Å². The molecular formula is C15H22BrN5O. The fraction of sp³-hybridized carbons (Fsp3) is 0.467. The third-order valence-corrected chi connectivity index (χ3v) is 3.78. The molecule has 1 aliphatic heterocycles. The molecule has 1 atom stereocenters. The Morgan fingerprint density at radius 2 is 2.09 bits per heavy atom. The summed E-state index contributed by atoms with van der Waals surface area (Å²) in [5, 5.41) is 1.51. The summed E-state index contributed by atoms with van der Waals surface area (Å²) >= 11 is 3.48. The average Bonchev–Trinajstić information content (AvgIpc) is 2.36. The molecule has 0 fully saturated rings. The summed E-state index contributed by atoms with van der Waals surface area (Å²) in [6.45, 7) is 6.39. The first-order valence-corrected chi connectivity index (χ1v) is 7.94. The molecule has 0 aliphatic carbocycles. The molecule has 1 aliphatic rings. The summed E-state index contributed by atoms with van der Waals surface area (Å²) in [6.07, 6.45) is 0.913. The monoisotopic (exact) mass is 367 g/mol. The molecule has 4 N–H and O–H groups in total. The van der Waals surface area contributed by atoms with Crippen LogP contribution < -0.4 is 11.5 Å². The fourth-order valence-corrected chi connectivity index (χ4v) is 2.79. The van der Waals surface area contributed by atoms with Crippen LogP contribution in [0.15, 0.2) is 38.7 Å². The Hall–Kier alpha value is -1.60. The van der Waals surface area contributed by atoms with Gasteiger partial charge in [-0.3, -0.25) is 4.84 Å². The minimum Gasteiger partial charge on any atom is -0.368 e. The lowest BCUT2D eigenvalue weighted by atomic mass is 10.0. The Morgan fingerprint density at radius 3 is 2.73 bits per heavy atom. The highest BCUT2D eigenvalue weighted by atomic mass is 79.9. The molecule has 0 bridgehead atoms. The van der Waals surface area contributed by atoms with Crippen molar-refractivity contribution in [2.45, 2.75) is 32.9 Å². The molecule has 0 saturated heterocycles. The van der Waals surface area contributed by atoms with E-state index in [1.54, 1.807) is 0 Å². The van der Waals surface area contributed by atoms with Gasteiger partial charge in [0.05, 0.1) is 6.61 Å². The van der Waals surface area contributed by atoms with E-state index in [0.717, 1.165) is 10.9 Å². The molecule has 0 saturated carbocycles. The van der Waals surface area contributed by atoms with Crippen LogP contribution in [0.1, 0.15) is 26.3 Å². The van der Waals surface area contributed by atoms with Crippen LogP contribution in [0.2, 0.25) is 0 Å². The van der Waals surface area contributed by atoms with E-state index < -0.39 is 5.66 Å². The predicted molar refractivity (Wildman–Crippen MR) is 92.1 cm³/mol. The molecule has 120 valence electrons. The second-order valence-electron chi connectivity index (χ2n) is 5.96. The smallest absolute Gasteiger partial charge is 0.226 e. The molecule has 1 unspecified atom stereocenters. The van der Waals surface area contributed by atoms with Gasteiger partial charge in [0.1, 0.15) is 0 Å². The van der Waals surface area contributed by atoms with Gasteiger partial charge in [-0.15, -0.1) is 0 Å². The van der Waals surface area contributed by atoms with Gasteiger partial charge < -0.3 is 11.5 Å². The van der Waals surface area contributed by atoms with E-state index in [0.29, 0.717) is 12.5 Å². The highest BCUT2D eigenvalue weighted by molar-refractivity contribution is 9.10. The third kappa shape index (κ3) is 4.20. The number of benzene rings is 1. The van der Waals surface area contributed by atoms with Gasteiger partial charge in [0.25, 0.3) is 0 Å². The first-order valence-electron chi connectivity index (χ1n) is 7.15. The van der Waals surface area contributed by atoms with E-state index in [2.05, 4.69) is 45.0 Å². The zero-order valence-corrected chi connectivity index (χ0v) is 14.7. The van der Waals surface area contributed by atoms with E-state index in [9.17, 15) is 0 Å². The number of nitrogens with zero attached hydrogens (tertiary/aromatic N) is 3. The van der Waals surface area contributed by atoms with Gasteiger partial charge in [-0.1, -0.05) is 35.0 Å². The number of hydrogen-bond donors (Lipinski definition) is 2. The van der Waals surface area contributed by atoms with Gasteiger partial charge >= 0.3 is 0 Å². The third-order valence-electron chi connectivity index (χ3n) is 3.28. The normalized spacial score (nSPS) is 18.6. The number of hydroxylamine groups is 2. The SMILES string of the molecule is CC(CON1C(N)=NC(N)=NC1(C)C)Cc1cccc(Br)c1. The molecule has 0 radical (unpaired) electrons. The van der Waals surface area contributed by atoms with Crippen molar-refractivity contribution < 1.29 is 4.84 Å². The molecule has 22 heavy (non-hydrogen) atoms. The Balaban J connectivity index is 1.93. The van der Waals surface area contributed by atoms with Gasteiger partial charge in [-0.05, 0) is 43.9 Å². The van der Waals surface area contributed by atoms with Gasteiger partial charge in [-0.25, -0.2) is 4.99 Å². The molecular weight excluding hydrogens is 346 g/mol. The van der Waals surface area contributed by atoms with Crippen LogP contribution in [-0.4, -0.2) is 29.3 Å². The minimum atomic E-state index is -0.661. The van der Waals surface area contributed by atoms with E-state index in [4.69, 9.17) is 16.3 Å². The predicted octanol–water partition coefficient (Wildman–Crippen LogP) is 2.24. The average molecular weight is 368 g/mol. The van der Waals surface area contributed by atoms with E-state index in [-0.39, 0.29) is 11.9 Å². The molecule has 0 amide bonds. The molecule has 1 heterocycles. The Bertz CT molecular complexity index is 599. The zero-order chi connectivity index (χ0) is 16.3. The van der Waals surface area contributed by atoms with Crippen molar-refractivity contribution in [2.24, 2.45) is 27.4 Å². The van der Waals surface area contributed by atoms with Crippen LogP contribution in [0.3, 0.4) is 0 Å². The van der Waals surface area contributed by atoms with Crippen LogP contribution >= 0.6 is 15.9 Å². The summed E-state index contributed by atoms with van der Waals surface area (Å²) in [6, 6.07) is 8.26. The van der Waals surface area contributed by atoms with Crippen LogP contribution in [0.25, 0.3) is 0 Å². The van der Waals surface area contributed by atoms with Crippen molar-refractivity contribution >= 4 is 27.8 Å². The molecule has 1 aromatic carbocycles. The van der Waals surface area contributed by atoms with Crippen LogP contribution in [0, 0.1) is 5.92 Å². The van der Waals surface area contributed by atoms with Crippen LogP contribution in [-0.2, 0) is 11.3 Å². The first kappa shape index (κ1) is 16.8. The largest absolute Gasteiger partial charge is 0.368 e. The maximum atomic E-state index is 5.89. The summed E-state index contributed by atoms with van der Waals surface area (Å²) in [5.41, 5.74) is 12.1. The highest BCUT2D eigenvalue weighted by Gasteiger charge is 2.33. The number of nitrogens with two attached hydrogens (primary N) is 2. The van der Waals surface area contributed by atoms with Crippen molar-refractivity contribution in [3.63, 3.8) is 0 Å². The summed E-state index contributed by atoms with van der Waals surface area (Å²) < 4.78 is 1.08. The maximum absolute atomic E-state index is 5.89. The quantitative estimate of drug-likeness (QED) is 0.834. The van der Waals surface area contributed by atoms with Gasteiger partial charge in [0, 0.05) is 4.47 Å². The number of guanidine groups is 2.